The summed E-state index contributed by atoms with van der Waals surface area (Å²) in [6.45, 7) is 0.416. The van der Waals surface area contributed by atoms with Crippen LogP contribution in [0, 0.1) is 11.6 Å². The molecule has 0 saturated heterocycles. The van der Waals surface area contributed by atoms with E-state index in [1.165, 1.54) is 7.11 Å². The molecular weight excluding hydrogens is 222 g/mol. The third-order valence-corrected chi connectivity index (χ3v) is 2.74. The normalized spacial score (nSPS) is 10.3. The quantitative estimate of drug-likeness (QED) is 0.443. The number of ether oxygens (including phenoxy) is 1. The Morgan fingerprint density at radius 1 is 1.40 bits per heavy atom. The van der Waals surface area contributed by atoms with Gasteiger partial charge >= 0.3 is 0 Å². The summed E-state index contributed by atoms with van der Waals surface area (Å²) in [4.78, 5) is 10.3. The van der Waals surface area contributed by atoms with E-state index in [0.717, 1.165) is 23.9 Å². The third kappa shape index (κ3) is 3.28. The number of benzene rings is 1. The predicted octanol–water partition coefficient (Wildman–Crippen LogP) is 2.52. The summed E-state index contributed by atoms with van der Waals surface area (Å²) in [5.41, 5.74) is 0.00101. The maximum atomic E-state index is 13.3. The van der Waals surface area contributed by atoms with Gasteiger partial charge in [0.2, 0.25) is 0 Å². The van der Waals surface area contributed by atoms with E-state index in [2.05, 4.69) is 0 Å². The molecule has 0 aliphatic rings. The van der Waals surface area contributed by atoms with Crippen molar-refractivity contribution in [2.24, 2.45) is 0 Å². The van der Waals surface area contributed by atoms with Crippen LogP contribution >= 0.6 is 11.8 Å². The Labute approximate surface area is 90.6 Å². The zero-order valence-corrected chi connectivity index (χ0v) is 8.94. The van der Waals surface area contributed by atoms with Crippen molar-refractivity contribution in [2.75, 3.05) is 19.5 Å². The maximum Gasteiger partial charge on any atom is 0.150 e. The lowest BCUT2D eigenvalue weighted by molar-refractivity contribution is 0.112. The van der Waals surface area contributed by atoms with Gasteiger partial charge in [0.15, 0.2) is 0 Å². The average molecular weight is 232 g/mol. The summed E-state index contributed by atoms with van der Waals surface area (Å²) in [6.07, 6.45) is 0.412. The van der Waals surface area contributed by atoms with Crippen molar-refractivity contribution in [3.63, 3.8) is 0 Å². The molecule has 1 aromatic carbocycles. The van der Waals surface area contributed by atoms with Crippen LogP contribution in [0.5, 0.6) is 0 Å². The van der Waals surface area contributed by atoms with Gasteiger partial charge in [-0.05, 0) is 12.1 Å². The van der Waals surface area contributed by atoms with Gasteiger partial charge in [-0.25, -0.2) is 8.78 Å². The Kier molecular flexibility index (Phi) is 4.71. The zero-order chi connectivity index (χ0) is 11.3. The number of carbonyl (C=O) groups is 1. The predicted molar refractivity (Wildman–Crippen MR) is 54.3 cm³/mol. The van der Waals surface area contributed by atoms with E-state index >= 15 is 0 Å². The van der Waals surface area contributed by atoms with E-state index in [-0.39, 0.29) is 10.5 Å². The van der Waals surface area contributed by atoms with Gasteiger partial charge in [0, 0.05) is 18.4 Å². The Morgan fingerprint density at radius 3 is 2.47 bits per heavy atom. The lowest BCUT2D eigenvalue weighted by Gasteiger charge is -2.04. The summed E-state index contributed by atoms with van der Waals surface area (Å²) < 4.78 is 31.3. The highest BCUT2D eigenvalue weighted by atomic mass is 32.2. The first kappa shape index (κ1) is 12.1. The summed E-state index contributed by atoms with van der Waals surface area (Å²) in [6, 6.07) is 2.04. The Morgan fingerprint density at radius 2 is 2.00 bits per heavy atom. The molecule has 0 aliphatic carbocycles. The van der Waals surface area contributed by atoms with Crippen molar-refractivity contribution in [1.82, 2.24) is 0 Å². The summed E-state index contributed by atoms with van der Waals surface area (Å²) in [7, 11) is 1.52. The number of carbonyl (C=O) groups excluding carboxylic acids is 1. The van der Waals surface area contributed by atoms with Crippen molar-refractivity contribution in [1.29, 1.82) is 0 Å². The first-order chi connectivity index (χ1) is 7.19. The molecule has 0 radical (unpaired) electrons. The number of rotatable bonds is 5. The van der Waals surface area contributed by atoms with E-state index in [1.807, 2.05) is 0 Å². The van der Waals surface area contributed by atoms with E-state index in [1.54, 1.807) is 0 Å². The molecule has 0 atom stereocenters. The summed E-state index contributed by atoms with van der Waals surface area (Å²) in [5.74, 6) is -0.957. The third-order valence-electron chi connectivity index (χ3n) is 1.69. The Bertz CT molecular complexity index is 332. The van der Waals surface area contributed by atoms with Crippen LogP contribution in [0.1, 0.15) is 10.4 Å². The molecule has 0 saturated carbocycles. The second kappa shape index (κ2) is 5.82. The lowest BCUT2D eigenvalue weighted by atomic mass is 10.2. The van der Waals surface area contributed by atoms with Crippen molar-refractivity contribution in [3.8, 4) is 0 Å². The molecule has 15 heavy (non-hydrogen) atoms. The van der Waals surface area contributed by atoms with Crippen LogP contribution in [0.2, 0.25) is 0 Å². The van der Waals surface area contributed by atoms with Crippen molar-refractivity contribution in [2.45, 2.75) is 4.90 Å². The van der Waals surface area contributed by atoms with Gasteiger partial charge in [0.1, 0.15) is 17.9 Å². The Hall–Kier alpha value is -0.940. The van der Waals surface area contributed by atoms with Gasteiger partial charge in [-0.15, -0.1) is 11.8 Å². The molecule has 0 amide bonds. The van der Waals surface area contributed by atoms with Gasteiger partial charge < -0.3 is 4.74 Å². The number of halogens is 2. The van der Waals surface area contributed by atoms with E-state index in [4.69, 9.17) is 4.74 Å². The van der Waals surface area contributed by atoms with Crippen molar-refractivity contribution < 1.29 is 18.3 Å². The lowest BCUT2D eigenvalue weighted by Crippen LogP contribution is -1.96. The fourth-order valence-electron chi connectivity index (χ4n) is 1.01. The maximum absolute atomic E-state index is 13.3. The highest BCUT2D eigenvalue weighted by molar-refractivity contribution is 7.99. The van der Waals surface area contributed by atoms with Crippen molar-refractivity contribution >= 4 is 18.0 Å². The van der Waals surface area contributed by atoms with Crippen molar-refractivity contribution in [3.05, 3.63) is 29.3 Å². The second-order valence-electron chi connectivity index (χ2n) is 2.77. The first-order valence-electron chi connectivity index (χ1n) is 4.25. The topological polar surface area (TPSA) is 26.3 Å². The number of methoxy groups -OCH3 is 1. The molecule has 0 fully saturated rings. The van der Waals surface area contributed by atoms with Gasteiger partial charge in [0.05, 0.1) is 11.5 Å². The minimum absolute atomic E-state index is 0.00101. The average Bonchev–Trinajstić information content (AvgIpc) is 2.22. The van der Waals surface area contributed by atoms with Crippen LogP contribution in [-0.4, -0.2) is 25.8 Å². The van der Waals surface area contributed by atoms with Crippen LogP contribution < -0.4 is 0 Å². The van der Waals surface area contributed by atoms with Gasteiger partial charge in [-0.3, -0.25) is 4.79 Å². The smallest absolute Gasteiger partial charge is 0.150 e. The number of hydrogen-bond donors (Lipinski definition) is 0. The van der Waals surface area contributed by atoms with Crippen LogP contribution in [0.4, 0.5) is 8.78 Å². The molecule has 82 valence electrons. The molecule has 0 spiro atoms. The number of aldehydes is 1. The highest BCUT2D eigenvalue weighted by Crippen LogP contribution is 2.25. The molecule has 5 heteroatoms. The van der Waals surface area contributed by atoms with Gasteiger partial charge in [0.25, 0.3) is 0 Å². The first-order valence-corrected chi connectivity index (χ1v) is 5.23. The molecule has 0 unspecified atom stereocenters. The van der Waals surface area contributed by atoms with E-state index < -0.39 is 11.6 Å². The molecule has 0 aliphatic heterocycles. The fraction of sp³-hybridized carbons (Fsp3) is 0.300. The molecule has 0 heterocycles. The standard InChI is InChI=1S/C10H10F2O2S/c1-14-2-3-15-10-8(11)4-7(6-13)5-9(10)12/h4-6H,2-3H2,1H3. The number of hydrogen-bond acceptors (Lipinski definition) is 3. The van der Waals surface area contributed by atoms with Crippen LogP contribution in [0.25, 0.3) is 0 Å². The van der Waals surface area contributed by atoms with Crippen LogP contribution in [-0.2, 0) is 4.74 Å². The van der Waals surface area contributed by atoms with E-state index in [0.29, 0.717) is 18.6 Å². The molecule has 0 N–H and O–H groups in total. The molecule has 0 aromatic heterocycles. The van der Waals surface area contributed by atoms with Crippen LogP contribution in [0.15, 0.2) is 17.0 Å². The molecule has 0 bridgehead atoms. The van der Waals surface area contributed by atoms with E-state index in [9.17, 15) is 13.6 Å². The largest absolute Gasteiger partial charge is 0.384 e. The summed E-state index contributed by atoms with van der Waals surface area (Å²) in [5, 5.41) is 0. The Balaban J connectivity index is 2.83. The monoisotopic (exact) mass is 232 g/mol. The minimum atomic E-state index is -0.710. The zero-order valence-electron chi connectivity index (χ0n) is 8.13. The van der Waals surface area contributed by atoms with Gasteiger partial charge in [-0.2, -0.15) is 0 Å². The van der Waals surface area contributed by atoms with Gasteiger partial charge in [-0.1, -0.05) is 0 Å². The molecule has 1 aromatic rings. The molecule has 1 rings (SSSR count). The molecular formula is C10H10F2O2S. The number of thioether (sulfide) groups is 1. The summed E-state index contributed by atoms with van der Waals surface area (Å²) >= 11 is 1.03. The fourth-order valence-corrected chi connectivity index (χ4v) is 1.86. The highest BCUT2D eigenvalue weighted by Gasteiger charge is 2.11. The minimum Gasteiger partial charge on any atom is -0.384 e. The SMILES string of the molecule is COCCSc1c(F)cc(C=O)cc1F. The second-order valence-corrected chi connectivity index (χ2v) is 3.88. The molecule has 2 nitrogen and oxygen atoms in total. The van der Waals surface area contributed by atoms with Crippen LogP contribution in [0.3, 0.4) is 0 Å².